The third-order valence-corrected chi connectivity index (χ3v) is 16.5. The van der Waals surface area contributed by atoms with Gasteiger partial charge in [-0.2, -0.15) is 0 Å². The van der Waals surface area contributed by atoms with Crippen LogP contribution in [0.1, 0.15) is 107 Å². The van der Waals surface area contributed by atoms with E-state index >= 15 is 0 Å². The van der Waals surface area contributed by atoms with E-state index < -0.39 is 120 Å². The van der Waals surface area contributed by atoms with Gasteiger partial charge in [0, 0.05) is 0 Å². The summed E-state index contributed by atoms with van der Waals surface area (Å²) < 4.78 is 24.9. The second kappa shape index (κ2) is 15.9. The minimum atomic E-state index is -1.81. The second-order valence-corrected chi connectivity index (χ2v) is 20.3. The Hall–Kier alpha value is -0.820. The number of ether oxygens (including phenoxy) is 4. The minimum Gasteiger partial charge on any atom is -0.394 e. The molecule has 4 aliphatic carbocycles. The zero-order valence-corrected chi connectivity index (χ0v) is 34.6. The summed E-state index contributed by atoms with van der Waals surface area (Å²) in [5.41, 5.74) is -1.85. The molecule has 2 aliphatic heterocycles. The molecule has 14 heteroatoms. The average molecular weight is 801 g/mol. The minimum absolute atomic E-state index is 0.0169. The molecule has 0 amide bonds. The van der Waals surface area contributed by atoms with Crippen LogP contribution in [0.4, 0.5) is 0 Å². The van der Waals surface area contributed by atoms with Crippen LogP contribution >= 0.6 is 0 Å². The zero-order chi connectivity index (χ0) is 41.5. The molecule has 6 fully saturated rings. The molecule has 324 valence electrons. The van der Waals surface area contributed by atoms with Gasteiger partial charge in [0.15, 0.2) is 12.6 Å². The Morgan fingerprint density at radius 2 is 1.38 bits per heavy atom. The van der Waals surface area contributed by atoms with Crippen LogP contribution in [0.5, 0.6) is 0 Å². The first-order valence-electron chi connectivity index (χ1n) is 21.0. The van der Waals surface area contributed by atoms with Crippen molar-refractivity contribution in [1.29, 1.82) is 0 Å². The van der Waals surface area contributed by atoms with E-state index in [1.54, 1.807) is 0 Å². The molecule has 21 atom stereocenters. The highest BCUT2D eigenvalue weighted by Crippen LogP contribution is 2.76. The molecule has 4 saturated carbocycles. The number of hydrogen-bond donors (Lipinski definition) is 10. The molecule has 2 heterocycles. The van der Waals surface area contributed by atoms with E-state index in [4.69, 9.17) is 18.9 Å². The molecule has 10 N–H and O–H groups in total. The fourth-order valence-electron chi connectivity index (χ4n) is 13.4. The van der Waals surface area contributed by atoms with Crippen LogP contribution in [0.3, 0.4) is 0 Å². The van der Waals surface area contributed by atoms with Crippen LogP contribution in [-0.2, 0) is 18.9 Å². The molecule has 0 spiro atoms. The van der Waals surface area contributed by atoms with E-state index in [2.05, 4.69) is 26.8 Å². The maximum Gasteiger partial charge on any atom is 0.187 e. The van der Waals surface area contributed by atoms with Crippen molar-refractivity contribution in [2.45, 2.75) is 192 Å². The fraction of sp³-hybridized carbons (Fsp3) is 0.952. The smallest absolute Gasteiger partial charge is 0.187 e. The van der Waals surface area contributed by atoms with E-state index in [1.807, 2.05) is 34.6 Å². The van der Waals surface area contributed by atoms with Gasteiger partial charge in [-0.3, -0.25) is 0 Å². The zero-order valence-electron chi connectivity index (χ0n) is 34.6. The van der Waals surface area contributed by atoms with E-state index in [0.29, 0.717) is 32.1 Å². The molecular weight excluding hydrogens is 728 g/mol. The van der Waals surface area contributed by atoms with Crippen LogP contribution in [0.15, 0.2) is 11.6 Å². The molecule has 0 aromatic heterocycles. The van der Waals surface area contributed by atoms with Gasteiger partial charge in [-0.1, -0.05) is 46.3 Å². The summed E-state index contributed by atoms with van der Waals surface area (Å²) in [6.07, 6.45) is -10.6. The molecule has 56 heavy (non-hydrogen) atoms. The SMILES string of the molecule is CC(C)=CCC[C@](C)(O)[C@H]1CC[C@]2(C)[C@@H]1[C@H](O)C[C@@H]1[C@@]3(C)CC[C@H](O)C(C)(C)[C@@H]3[C@H](O[C@@H]3O[C@H](CO)[C@@H](O)[C@H](O)[C@H]3O[C@@H]3O[C@H](CO)[C@@H](O)[C@H](O)[C@H]3O)C[C@]12C. The van der Waals surface area contributed by atoms with Gasteiger partial charge in [-0.05, 0) is 117 Å². The lowest BCUT2D eigenvalue weighted by Crippen LogP contribution is -2.71. The number of rotatable bonds is 10. The van der Waals surface area contributed by atoms with Gasteiger partial charge in [0.05, 0.1) is 37.1 Å². The third-order valence-electron chi connectivity index (χ3n) is 16.5. The quantitative estimate of drug-likeness (QED) is 0.110. The lowest BCUT2D eigenvalue weighted by Gasteiger charge is -2.72. The Kier molecular flexibility index (Phi) is 12.7. The highest BCUT2D eigenvalue weighted by molar-refractivity contribution is 5.22. The molecule has 0 unspecified atom stereocenters. The maximum atomic E-state index is 12.3. The van der Waals surface area contributed by atoms with E-state index in [1.165, 1.54) is 5.57 Å². The van der Waals surface area contributed by atoms with Gasteiger partial charge in [-0.15, -0.1) is 0 Å². The van der Waals surface area contributed by atoms with Gasteiger partial charge in [-0.25, -0.2) is 0 Å². The van der Waals surface area contributed by atoms with Crippen molar-refractivity contribution in [3.63, 3.8) is 0 Å². The summed E-state index contributed by atoms with van der Waals surface area (Å²) in [7, 11) is 0. The van der Waals surface area contributed by atoms with Crippen molar-refractivity contribution in [2.75, 3.05) is 13.2 Å². The number of aliphatic hydroxyl groups is 10. The van der Waals surface area contributed by atoms with Crippen LogP contribution in [0, 0.1) is 45.3 Å². The first-order chi connectivity index (χ1) is 26.0. The number of allylic oxidation sites excluding steroid dienone is 2. The highest BCUT2D eigenvalue weighted by atomic mass is 16.8. The summed E-state index contributed by atoms with van der Waals surface area (Å²) in [5.74, 6) is -0.623. The molecule has 14 nitrogen and oxygen atoms in total. The van der Waals surface area contributed by atoms with Crippen molar-refractivity contribution >= 4 is 0 Å². The Bertz CT molecular complexity index is 1400. The molecule has 2 saturated heterocycles. The van der Waals surface area contributed by atoms with Crippen molar-refractivity contribution in [2.24, 2.45) is 45.3 Å². The molecule has 0 aromatic carbocycles. The summed E-state index contributed by atoms with van der Waals surface area (Å²) in [6.45, 7) is 15.5. The summed E-state index contributed by atoms with van der Waals surface area (Å²) >= 11 is 0. The normalized spacial score (nSPS) is 52.6. The van der Waals surface area contributed by atoms with Crippen LogP contribution in [0.25, 0.3) is 0 Å². The standard InChI is InChI=1S/C42H72O14/c1-20(2)10-9-13-42(8,52)21-11-15-40(6)28(21)22(45)16-26-39(5)14-12-27(46)38(3,4)35(39)23(17-41(26,40)7)53-37-34(32(50)30(48)25(19-44)55-37)56-36-33(51)31(49)29(47)24(18-43)54-36/h10,21-37,43-52H,9,11-19H2,1-8H3/t21-,22+,23+,24+,25+,26+,27-,28-,29+,30+,31-,32-,33+,34+,35-,36-,37+,39+,40+,41+,42-/m0/s1. The Labute approximate surface area is 331 Å². The average Bonchev–Trinajstić information content (AvgIpc) is 3.51. The summed E-state index contributed by atoms with van der Waals surface area (Å²) in [5, 5.41) is 110. The lowest BCUT2D eigenvalue weighted by molar-refractivity contribution is -0.383. The van der Waals surface area contributed by atoms with Crippen LogP contribution in [-0.4, -0.2) is 150 Å². The monoisotopic (exact) mass is 800 g/mol. The molecule has 0 aromatic rings. The van der Waals surface area contributed by atoms with Gasteiger partial charge in [0.25, 0.3) is 0 Å². The summed E-state index contributed by atoms with van der Waals surface area (Å²) in [4.78, 5) is 0. The lowest BCUT2D eigenvalue weighted by atomic mass is 9.34. The van der Waals surface area contributed by atoms with E-state index in [0.717, 1.165) is 19.3 Å². The van der Waals surface area contributed by atoms with Gasteiger partial charge in [0.1, 0.15) is 48.8 Å². The van der Waals surface area contributed by atoms with Gasteiger partial charge in [0.2, 0.25) is 0 Å². The van der Waals surface area contributed by atoms with E-state index in [-0.39, 0.29) is 23.7 Å². The molecule has 0 radical (unpaired) electrons. The second-order valence-electron chi connectivity index (χ2n) is 20.3. The predicted molar refractivity (Wildman–Crippen MR) is 202 cm³/mol. The van der Waals surface area contributed by atoms with Crippen molar-refractivity contribution in [3.05, 3.63) is 11.6 Å². The largest absolute Gasteiger partial charge is 0.394 e. The first-order valence-corrected chi connectivity index (χ1v) is 21.0. The number of aliphatic hydroxyl groups excluding tert-OH is 9. The molecule has 6 aliphatic rings. The molecule has 0 bridgehead atoms. The maximum absolute atomic E-state index is 12.3. The molecular formula is C42H72O14. The summed E-state index contributed by atoms with van der Waals surface area (Å²) in [6, 6.07) is 0. The van der Waals surface area contributed by atoms with Crippen LogP contribution in [0.2, 0.25) is 0 Å². The molecule has 6 rings (SSSR count). The van der Waals surface area contributed by atoms with Crippen LogP contribution < -0.4 is 0 Å². The van der Waals surface area contributed by atoms with E-state index in [9.17, 15) is 51.1 Å². The van der Waals surface area contributed by atoms with Gasteiger partial charge < -0.3 is 70.0 Å². The highest BCUT2D eigenvalue weighted by Gasteiger charge is 2.73. The number of hydrogen-bond acceptors (Lipinski definition) is 14. The topological polar surface area (TPSA) is 239 Å². The predicted octanol–water partition coefficient (Wildman–Crippen LogP) is 1.12. The Morgan fingerprint density at radius 1 is 0.768 bits per heavy atom. The Balaban J connectivity index is 1.38. The fourth-order valence-corrected chi connectivity index (χ4v) is 13.4. The first kappa shape index (κ1) is 44.7. The van der Waals surface area contributed by atoms with Gasteiger partial charge >= 0.3 is 0 Å². The van der Waals surface area contributed by atoms with Crippen molar-refractivity contribution in [1.82, 2.24) is 0 Å². The van der Waals surface area contributed by atoms with Crippen molar-refractivity contribution in [3.8, 4) is 0 Å². The third kappa shape index (κ3) is 7.16. The number of fused-ring (bicyclic) bond motifs is 5. The Morgan fingerprint density at radius 3 is 1.98 bits per heavy atom. The van der Waals surface area contributed by atoms with Crippen molar-refractivity contribution < 1.29 is 70.0 Å².